The first-order valence-corrected chi connectivity index (χ1v) is 12.1. The molecule has 0 heterocycles. The van der Waals surface area contributed by atoms with Gasteiger partial charge in [-0.25, -0.2) is 4.79 Å². The first-order chi connectivity index (χ1) is 15.0. The predicted octanol–water partition coefficient (Wildman–Crippen LogP) is 7.97. The Hall–Kier alpha value is -2.35. The third kappa shape index (κ3) is 5.00. The van der Waals surface area contributed by atoms with Crippen molar-refractivity contribution in [2.45, 2.75) is 85.0 Å². The zero-order valence-electron chi connectivity index (χ0n) is 21.3. The molecule has 0 saturated heterocycles. The maximum atomic E-state index is 11.8. The summed E-state index contributed by atoms with van der Waals surface area (Å²) in [6, 6.07) is 12.7. The minimum atomic E-state index is -0.296. The molecule has 0 atom stereocenters. The quantitative estimate of drug-likeness (QED) is 0.342. The molecule has 0 aromatic heterocycles. The van der Waals surface area contributed by atoms with Gasteiger partial charge in [0, 0.05) is 0 Å². The second kappa shape index (κ2) is 9.25. The summed E-state index contributed by atoms with van der Waals surface area (Å²) in [6.07, 6.45) is 6.78. The summed E-state index contributed by atoms with van der Waals surface area (Å²) in [5.41, 5.74) is 9.36. The molecule has 0 saturated carbocycles. The van der Waals surface area contributed by atoms with Gasteiger partial charge in [0.25, 0.3) is 0 Å². The third-order valence-electron chi connectivity index (χ3n) is 7.10. The first-order valence-electron chi connectivity index (χ1n) is 12.1. The van der Waals surface area contributed by atoms with E-state index in [-0.39, 0.29) is 16.8 Å². The minimum Gasteiger partial charge on any atom is -0.465 e. The number of ether oxygens (including phenoxy) is 1. The molecule has 0 spiro atoms. The molecule has 0 N–H and O–H groups in total. The summed E-state index contributed by atoms with van der Waals surface area (Å²) < 4.78 is 4.84. The molecule has 0 fully saturated rings. The van der Waals surface area contributed by atoms with Gasteiger partial charge in [0.05, 0.1) is 12.7 Å². The molecule has 32 heavy (non-hydrogen) atoms. The van der Waals surface area contributed by atoms with Crippen LogP contribution in [-0.4, -0.2) is 13.1 Å². The highest BCUT2D eigenvalue weighted by molar-refractivity contribution is 5.90. The fraction of sp³-hybridized carbons (Fsp3) is 0.500. The second-order valence-corrected chi connectivity index (χ2v) is 11.1. The lowest BCUT2D eigenvalue weighted by atomic mass is 9.62. The normalized spacial score (nSPS) is 17.2. The Morgan fingerprint density at radius 3 is 2.06 bits per heavy atom. The lowest BCUT2D eigenvalue weighted by molar-refractivity contribution is 0.0600. The Morgan fingerprint density at radius 2 is 1.56 bits per heavy atom. The van der Waals surface area contributed by atoms with Crippen LogP contribution in [0.5, 0.6) is 0 Å². The van der Waals surface area contributed by atoms with Gasteiger partial charge in [0.2, 0.25) is 0 Å². The van der Waals surface area contributed by atoms with Crippen molar-refractivity contribution in [2.24, 2.45) is 5.92 Å². The highest BCUT2D eigenvalue weighted by atomic mass is 16.5. The van der Waals surface area contributed by atoms with E-state index in [4.69, 9.17) is 4.74 Å². The Bertz CT molecular complexity index is 1000. The summed E-state index contributed by atoms with van der Waals surface area (Å²) in [5.74, 6) is 0.305. The van der Waals surface area contributed by atoms with Crippen molar-refractivity contribution in [2.75, 3.05) is 7.11 Å². The van der Waals surface area contributed by atoms with Gasteiger partial charge in [-0.2, -0.15) is 0 Å². The van der Waals surface area contributed by atoms with Crippen LogP contribution < -0.4 is 0 Å². The number of methoxy groups -OCH3 is 1. The lowest BCUT2D eigenvalue weighted by Gasteiger charge is -2.42. The molecular weight excluding hydrogens is 392 g/mol. The van der Waals surface area contributed by atoms with Crippen molar-refractivity contribution in [1.82, 2.24) is 0 Å². The molecular formula is C30H40O2. The van der Waals surface area contributed by atoms with E-state index in [1.807, 2.05) is 24.3 Å². The molecule has 172 valence electrons. The Balaban J connectivity index is 2.15. The van der Waals surface area contributed by atoms with E-state index in [0.717, 1.165) is 18.4 Å². The minimum absolute atomic E-state index is 0.191. The molecule has 0 radical (unpaired) electrons. The second-order valence-electron chi connectivity index (χ2n) is 11.1. The topological polar surface area (TPSA) is 26.3 Å². The molecule has 3 rings (SSSR count). The van der Waals surface area contributed by atoms with Crippen molar-refractivity contribution < 1.29 is 9.53 Å². The van der Waals surface area contributed by atoms with E-state index < -0.39 is 0 Å². The fourth-order valence-electron chi connectivity index (χ4n) is 4.97. The summed E-state index contributed by atoms with van der Waals surface area (Å²) >= 11 is 0. The van der Waals surface area contributed by atoms with Crippen molar-refractivity contribution >= 4 is 17.6 Å². The van der Waals surface area contributed by atoms with Gasteiger partial charge in [-0.15, -0.1) is 0 Å². The van der Waals surface area contributed by atoms with E-state index in [9.17, 15) is 4.79 Å². The lowest BCUT2D eigenvalue weighted by Crippen LogP contribution is -2.34. The smallest absolute Gasteiger partial charge is 0.337 e. The van der Waals surface area contributed by atoms with Gasteiger partial charge in [0.15, 0.2) is 0 Å². The molecule has 0 bridgehead atoms. The fourth-order valence-corrected chi connectivity index (χ4v) is 4.97. The number of allylic oxidation sites excluding steroid dienone is 1. The highest BCUT2D eigenvalue weighted by Crippen LogP contribution is 2.47. The monoisotopic (exact) mass is 432 g/mol. The number of esters is 1. The summed E-state index contributed by atoms with van der Waals surface area (Å²) in [7, 11) is 1.42. The van der Waals surface area contributed by atoms with Crippen LogP contribution in [-0.2, 0) is 22.0 Å². The van der Waals surface area contributed by atoms with Crippen LogP contribution in [0.3, 0.4) is 0 Å². The van der Waals surface area contributed by atoms with E-state index in [0.29, 0.717) is 11.5 Å². The number of benzene rings is 2. The molecule has 2 aromatic rings. The maximum absolute atomic E-state index is 11.8. The van der Waals surface area contributed by atoms with Gasteiger partial charge in [-0.05, 0) is 88.0 Å². The summed E-state index contributed by atoms with van der Waals surface area (Å²) in [6.45, 7) is 16.4. The van der Waals surface area contributed by atoms with Gasteiger partial charge >= 0.3 is 5.97 Å². The van der Waals surface area contributed by atoms with Crippen molar-refractivity contribution in [3.63, 3.8) is 0 Å². The summed E-state index contributed by atoms with van der Waals surface area (Å²) in [4.78, 5) is 11.8. The zero-order valence-corrected chi connectivity index (χ0v) is 21.3. The number of hydrogen-bond donors (Lipinski definition) is 0. The number of hydrogen-bond acceptors (Lipinski definition) is 2. The number of rotatable bonds is 6. The average Bonchev–Trinajstić information content (AvgIpc) is 2.75. The van der Waals surface area contributed by atoms with Crippen LogP contribution in [0.1, 0.15) is 106 Å². The number of carbonyl (C=O) groups excluding carboxylic acids is 1. The standard InChI is InChI=1S/C30H40O2/c1-9-22(17-21-10-12-23(13-11-21)28(31)32-8)25-19-27-26(18-24(25)16-20(2)3)29(4,5)14-15-30(27,6)7/h10-13,17-20H,9,14-16H2,1-8H3/b22-17+. The number of carbonyl (C=O) groups is 1. The highest BCUT2D eigenvalue weighted by Gasteiger charge is 2.37. The van der Waals surface area contributed by atoms with E-state index >= 15 is 0 Å². The molecule has 2 nitrogen and oxygen atoms in total. The van der Waals surface area contributed by atoms with Crippen LogP contribution in [0.4, 0.5) is 0 Å². The van der Waals surface area contributed by atoms with Crippen LogP contribution in [0.2, 0.25) is 0 Å². The maximum Gasteiger partial charge on any atom is 0.337 e. The third-order valence-corrected chi connectivity index (χ3v) is 7.10. The Kier molecular flexibility index (Phi) is 7.03. The van der Waals surface area contributed by atoms with E-state index in [2.05, 4.69) is 66.7 Å². The first kappa shape index (κ1) is 24.3. The van der Waals surface area contributed by atoms with Gasteiger partial charge in [0.1, 0.15) is 0 Å². The predicted molar refractivity (Wildman–Crippen MR) is 136 cm³/mol. The SMILES string of the molecule is CC/C(=C\c1ccc(C(=O)OC)cc1)c1cc2c(cc1CC(C)C)C(C)(C)CCC2(C)C. The van der Waals surface area contributed by atoms with E-state index in [1.54, 1.807) is 0 Å². The largest absolute Gasteiger partial charge is 0.465 e. The molecule has 0 aliphatic heterocycles. The van der Waals surface area contributed by atoms with Crippen molar-refractivity contribution in [3.05, 3.63) is 69.8 Å². The molecule has 0 unspecified atom stereocenters. The van der Waals surface area contributed by atoms with Crippen LogP contribution in [0, 0.1) is 5.92 Å². The average molecular weight is 433 g/mol. The molecule has 2 aromatic carbocycles. The van der Waals surface area contributed by atoms with Crippen molar-refractivity contribution in [3.8, 4) is 0 Å². The van der Waals surface area contributed by atoms with Gasteiger partial charge in [-0.3, -0.25) is 0 Å². The molecule has 2 heteroatoms. The molecule has 1 aliphatic rings. The zero-order chi connectivity index (χ0) is 23.7. The van der Waals surface area contributed by atoms with Gasteiger partial charge in [-0.1, -0.05) is 78.8 Å². The molecule has 1 aliphatic carbocycles. The number of fused-ring (bicyclic) bond motifs is 1. The molecule has 0 amide bonds. The van der Waals surface area contributed by atoms with E-state index in [1.165, 1.54) is 47.8 Å². The van der Waals surface area contributed by atoms with Gasteiger partial charge < -0.3 is 4.74 Å². The Labute approximate surface area is 195 Å². The Morgan fingerprint density at radius 1 is 1.00 bits per heavy atom. The van der Waals surface area contributed by atoms with Crippen molar-refractivity contribution in [1.29, 1.82) is 0 Å². The van der Waals surface area contributed by atoms with Crippen LogP contribution in [0.25, 0.3) is 11.6 Å². The van der Waals surface area contributed by atoms with Crippen LogP contribution >= 0.6 is 0 Å². The van der Waals surface area contributed by atoms with Crippen LogP contribution in [0.15, 0.2) is 36.4 Å². The summed E-state index contributed by atoms with van der Waals surface area (Å²) in [5, 5.41) is 0.